The highest BCUT2D eigenvalue weighted by Crippen LogP contribution is 2.27. The van der Waals surface area contributed by atoms with Crippen molar-refractivity contribution < 1.29 is 5.11 Å². The maximum absolute atomic E-state index is 9.25. The van der Waals surface area contributed by atoms with E-state index in [4.69, 9.17) is 0 Å². The third-order valence-electron chi connectivity index (χ3n) is 4.27. The van der Waals surface area contributed by atoms with Crippen molar-refractivity contribution in [1.82, 2.24) is 0 Å². The molecule has 0 aliphatic carbocycles. The molecule has 0 saturated heterocycles. The molecule has 1 unspecified atom stereocenters. The summed E-state index contributed by atoms with van der Waals surface area (Å²) in [6.45, 7) is 7.58. The van der Waals surface area contributed by atoms with Crippen molar-refractivity contribution in [2.75, 3.05) is 5.75 Å². The molecule has 2 rings (SSSR count). The number of benzene rings is 2. The highest BCUT2D eigenvalue weighted by atomic mass is 32.2. The lowest BCUT2D eigenvalue weighted by Gasteiger charge is -2.16. The molecule has 2 aromatic rings. The standard InChI is InChI=1S/C23H30OS2.C2H6/c1-20(24)10-8-9-15-23(26-19-22-13-6-3-7-14-22)16-17-25-18-21-11-4-2-5-12-21;1-2/h2-7,11-14,23-24H,1,8-10,15-19H2;1-2H3. The van der Waals surface area contributed by atoms with Crippen LogP contribution in [0.15, 0.2) is 73.0 Å². The molecular weight excluding hydrogens is 380 g/mol. The van der Waals surface area contributed by atoms with E-state index < -0.39 is 0 Å². The van der Waals surface area contributed by atoms with Crippen molar-refractivity contribution in [3.05, 3.63) is 84.1 Å². The SMILES string of the molecule is C=C(O)CCCCC(CCSCc1ccccc1)SCc1ccccc1.CC. The van der Waals surface area contributed by atoms with Crippen LogP contribution in [0.4, 0.5) is 0 Å². The predicted octanol–water partition coefficient (Wildman–Crippen LogP) is 8.27. The quantitative estimate of drug-likeness (QED) is 0.262. The van der Waals surface area contributed by atoms with Crippen molar-refractivity contribution >= 4 is 23.5 Å². The smallest absolute Gasteiger partial charge is 0.0851 e. The first kappa shape index (κ1) is 24.7. The summed E-state index contributed by atoms with van der Waals surface area (Å²) >= 11 is 4.11. The van der Waals surface area contributed by atoms with Crippen molar-refractivity contribution in [2.24, 2.45) is 0 Å². The predicted molar refractivity (Wildman–Crippen MR) is 130 cm³/mol. The normalized spacial score (nSPS) is 11.4. The Hall–Kier alpha value is -1.32. The van der Waals surface area contributed by atoms with Crippen LogP contribution in [-0.2, 0) is 11.5 Å². The van der Waals surface area contributed by atoms with Crippen molar-refractivity contribution in [2.45, 2.75) is 62.7 Å². The zero-order valence-electron chi connectivity index (χ0n) is 17.5. The highest BCUT2D eigenvalue weighted by Gasteiger charge is 2.10. The minimum absolute atomic E-state index is 0.317. The molecule has 0 spiro atoms. The summed E-state index contributed by atoms with van der Waals surface area (Å²) in [5, 5.41) is 9.93. The van der Waals surface area contributed by atoms with E-state index in [1.54, 1.807) is 0 Å². The number of allylic oxidation sites excluding steroid dienone is 1. The van der Waals surface area contributed by atoms with Gasteiger partial charge in [0.1, 0.15) is 0 Å². The maximum Gasteiger partial charge on any atom is 0.0851 e. The molecule has 0 aromatic heterocycles. The summed E-state index contributed by atoms with van der Waals surface area (Å²) in [5.74, 6) is 3.70. The molecule has 154 valence electrons. The second-order valence-electron chi connectivity index (χ2n) is 6.56. The number of thioether (sulfide) groups is 2. The van der Waals surface area contributed by atoms with Gasteiger partial charge in [-0.15, -0.1) is 0 Å². The first-order chi connectivity index (χ1) is 13.7. The van der Waals surface area contributed by atoms with Crippen LogP contribution in [0.5, 0.6) is 0 Å². The van der Waals surface area contributed by atoms with Gasteiger partial charge in [-0.05, 0) is 36.1 Å². The van der Waals surface area contributed by atoms with Gasteiger partial charge in [0, 0.05) is 23.2 Å². The van der Waals surface area contributed by atoms with Crippen molar-refractivity contribution in [1.29, 1.82) is 0 Å². The van der Waals surface area contributed by atoms with Gasteiger partial charge in [-0.25, -0.2) is 0 Å². The Morgan fingerprint density at radius 3 is 2.00 bits per heavy atom. The molecule has 0 amide bonds. The lowest BCUT2D eigenvalue weighted by Crippen LogP contribution is -2.05. The molecule has 0 bridgehead atoms. The van der Waals surface area contributed by atoms with Gasteiger partial charge in [0.15, 0.2) is 0 Å². The molecule has 28 heavy (non-hydrogen) atoms. The van der Waals surface area contributed by atoms with E-state index in [9.17, 15) is 5.11 Å². The van der Waals surface area contributed by atoms with E-state index in [-0.39, 0.29) is 0 Å². The first-order valence-electron chi connectivity index (χ1n) is 10.4. The third kappa shape index (κ3) is 12.2. The summed E-state index contributed by atoms with van der Waals surface area (Å²) in [6, 6.07) is 21.5. The molecular formula is C25H36OS2. The van der Waals surface area contributed by atoms with E-state index in [0.29, 0.717) is 11.0 Å². The van der Waals surface area contributed by atoms with Crippen LogP contribution >= 0.6 is 23.5 Å². The zero-order chi connectivity index (χ0) is 20.5. The Morgan fingerprint density at radius 1 is 0.857 bits per heavy atom. The molecule has 3 heteroatoms. The second-order valence-corrected chi connectivity index (χ2v) is 8.95. The Labute approximate surface area is 181 Å². The molecule has 0 aliphatic heterocycles. The van der Waals surface area contributed by atoms with Crippen LogP contribution in [-0.4, -0.2) is 16.1 Å². The van der Waals surface area contributed by atoms with E-state index in [1.165, 1.54) is 29.7 Å². The van der Waals surface area contributed by atoms with E-state index >= 15 is 0 Å². The average Bonchev–Trinajstić information content (AvgIpc) is 2.74. The minimum Gasteiger partial charge on any atom is -0.513 e. The van der Waals surface area contributed by atoms with Gasteiger partial charge in [0.25, 0.3) is 0 Å². The first-order valence-corrected chi connectivity index (χ1v) is 12.6. The van der Waals surface area contributed by atoms with E-state index in [0.717, 1.165) is 30.8 Å². The summed E-state index contributed by atoms with van der Waals surface area (Å²) in [6.07, 6.45) is 5.40. The Kier molecular flexibility index (Phi) is 14.7. The third-order valence-corrected chi connectivity index (χ3v) is 6.77. The van der Waals surface area contributed by atoms with Gasteiger partial charge in [0.05, 0.1) is 5.76 Å². The number of hydrogen-bond donors (Lipinski definition) is 1. The summed E-state index contributed by atoms with van der Waals surface area (Å²) < 4.78 is 0. The fourth-order valence-corrected chi connectivity index (χ4v) is 5.19. The van der Waals surface area contributed by atoms with E-state index in [2.05, 4.69) is 79.0 Å². The van der Waals surface area contributed by atoms with Crippen LogP contribution in [0.2, 0.25) is 0 Å². The van der Waals surface area contributed by atoms with Crippen molar-refractivity contribution in [3.63, 3.8) is 0 Å². The molecule has 0 saturated carbocycles. The molecule has 1 atom stereocenters. The molecule has 0 heterocycles. The van der Waals surface area contributed by atoms with Gasteiger partial charge >= 0.3 is 0 Å². The average molecular weight is 417 g/mol. The van der Waals surface area contributed by atoms with Crippen LogP contribution in [0.25, 0.3) is 0 Å². The van der Waals surface area contributed by atoms with Crippen LogP contribution < -0.4 is 0 Å². The van der Waals surface area contributed by atoms with Crippen LogP contribution in [0.3, 0.4) is 0 Å². The molecule has 1 nitrogen and oxygen atoms in total. The lowest BCUT2D eigenvalue weighted by atomic mass is 10.1. The van der Waals surface area contributed by atoms with Gasteiger partial charge in [-0.3, -0.25) is 0 Å². The number of aliphatic hydroxyl groups is 1. The molecule has 0 fully saturated rings. The van der Waals surface area contributed by atoms with Gasteiger partial charge in [-0.2, -0.15) is 23.5 Å². The number of rotatable bonds is 13. The van der Waals surface area contributed by atoms with E-state index in [1.807, 2.05) is 25.6 Å². The molecule has 0 radical (unpaired) electrons. The van der Waals surface area contributed by atoms with Crippen LogP contribution in [0, 0.1) is 0 Å². The Morgan fingerprint density at radius 2 is 1.43 bits per heavy atom. The van der Waals surface area contributed by atoms with Gasteiger partial charge in [-0.1, -0.05) is 87.5 Å². The minimum atomic E-state index is 0.317. The second kappa shape index (κ2) is 16.6. The topological polar surface area (TPSA) is 20.2 Å². The summed E-state index contributed by atoms with van der Waals surface area (Å²) in [4.78, 5) is 0. The number of hydrogen-bond acceptors (Lipinski definition) is 3. The summed E-state index contributed by atoms with van der Waals surface area (Å²) in [7, 11) is 0. The number of aliphatic hydroxyl groups excluding tert-OH is 1. The highest BCUT2D eigenvalue weighted by molar-refractivity contribution is 7.99. The van der Waals surface area contributed by atoms with Gasteiger partial charge < -0.3 is 5.11 Å². The van der Waals surface area contributed by atoms with Crippen LogP contribution in [0.1, 0.15) is 57.1 Å². The van der Waals surface area contributed by atoms with Crippen molar-refractivity contribution in [3.8, 4) is 0 Å². The zero-order valence-corrected chi connectivity index (χ0v) is 19.1. The largest absolute Gasteiger partial charge is 0.513 e. The number of unbranched alkanes of at least 4 members (excludes halogenated alkanes) is 1. The molecule has 1 N–H and O–H groups in total. The summed E-state index contributed by atoms with van der Waals surface area (Å²) in [5.41, 5.74) is 2.82. The van der Waals surface area contributed by atoms with Gasteiger partial charge in [0.2, 0.25) is 0 Å². The lowest BCUT2D eigenvalue weighted by molar-refractivity contribution is 0.383. The Bertz CT molecular complexity index is 613. The fraction of sp³-hybridized carbons (Fsp3) is 0.440. The Balaban J connectivity index is 0.00000190. The molecule has 0 aliphatic rings. The fourth-order valence-electron chi connectivity index (χ4n) is 2.78. The monoisotopic (exact) mass is 416 g/mol. The maximum atomic E-state index is 9.25. The molecule has 2 aromatic carbocycles.